The van der Waals surface area contributed by atoms with Gasteiger partial charge in [0, 0.05) is 24.5 Å². The second-order valence-corrected chi connectivity index (χ2v) is 6.42. The van der Waals surface area contributed by atoms with E-state index in [-0.39, 0.29) is 17.5 Å². The van der Waals surface area contributed by atoms with E-state index in [1.165, 1.54) is 0 Å². The molecule has 0 aliphatic carbocycles. The van der Waals surface area contributed by atoms with Crippen LogP contribution in [0.1, 0.15) is 36.7 Å². The first-order valence-electron chi connectivity index (χ1n) is 7.70. The fourth-order valence-electron chi connectivity index (χ4n) is 2.05. The maximum Gasteiger partial charge on any atom is 0.319 e. The molecular formula is C18H22N4O2. The van der Waals surface area contributed by atoms with E-state index < -0.39 is 0 Å². The summed E-state index contributed by atoms with van der Waals surface area (Å²) in [4.78, 5) is 28.4. The van der Waals surface area contributed by atoms with E-state index in [1.807, 2.05) is 26.8 Å². The molecule has 0 fully saturated rings. The first kappa shape index (κ1) is 17.5. The number of amides is 3. The van der Waals surface area contributed by atoms with E-state index in [2.05, 4.69) is 20.9 Å². The van der Waals surface area contributed by atoms with E-state index in [4.69, 9.17) is 0 Å². The van der Waals surface area contributed by atoms with Crippen molar-refractivity contribution in [1.82, 2.24) is 15.6 Å². The summed E-state index contributed by atoms with van der Waals surface area (Å²) in [5, 5.41) is 8.34. The summed E-state index contributed by atoms with van der Waals surface area (Å²) < 4.78 is 0. The van der Waals surface area contributed by atoms with Gasteiger partial charge in [0.15, 0.2) is 0 Å². The molecule has 0 unspecified atom stereocenters. The van der Waals surface area contributed by atoms with Crippen LogP contribution in [0.5, 0.6) is 0 Å². The number of carbonyl (C=O) groups excluding carboxylic acids is 2. The van der Waals surface area contributed by atoms with Crippen LogP contribution in [0.2, 0.25) is 0 Å². The van der Waals surface area contributed by atoms with E-state index in [0.717, 1.165) is 5.56 Å². The molecule has 1 aromatic heterocycles. The lowest BCUT2D eigenvalue weighted by molar-refractivity contribution is 0.0920. The number of anilines is 1. The molecule has 24 heavy (non-hydrogen) atoms. The Hall–Kier alpha value is -2.89. The zero-order chi connectivity index (χ0) is 17.6. The van der Waals surface area contributed by atoms with Gasteiger partial charge in [-0.05, 0) is 44.5 Å². The molecule has 6 nitrogen and oxygen atoms in total. The average molecular weight is 326 g/mol. The molecule has 0 atom stereocenters. The summed E-state index contributed by atoms with van der Waals surface area (Å²) in [6.07, 6.45) is 3.36. The van der Waals surface area contributed by atoms with Gasteiger partial charge in [0.25, 0.3) is 5.91 Å². The molecule has 3 N–H and O–H groups in total. The number of carbonyl (C=O) groups is 2. The number of para-hydroxylation sites is 1. The van der Waals surface area contributed by atoms with Crippen LogP contribution in [-0.2, 0) is 6.54 Å². The quantitative estimate of drug-likeness (QED) is 0.808. The van der Waals surface area contributed by atoms with Crippen LogP contribution in [0.4, 0.5) is 10.5 Å². The van der Waals surface area contributed by atoms with Gasteiger partial charge < -0.3 is 16.0 Å². The van der Waals surface area contributed by atoms with E-state index in [1.54, 1.807) is 42.7 Å². The van der Waals surface area contributed by atoms with Crippen LogP contribution in [0.25, 0.3) is 0 Å². The van der Waals surface area contributed by atoms with Crippen molar-refractivity contribution in [2.24, 2.45) is 0 Å². The monoisotopic (exact) mass is 326 g/mol. The topological polar surface area (TPSA) is 83.1 Å². The minimum Gasteiger partial charge on any atom is -0.347 e. The van der Waals surface area contributed by atoms with E-state index in [0.29, 0.717) is 17.8 Å². The number of pyridine rings is 1. The first-order chi connectivity index (χ1) is 11.3. The Bertz CT molecular complexity index is 708. The highest BCUT2D eigenvalue weighted by atomic mass is 16.2. The summed E-state index contributed by atoms with van der Waals surface area (Å²) >= 11 is 0. The Morgan fingerprint density at radius 3 is 2.50 bits per heavy atom. The molecule has 0 bridgehead atoms. The SMILES string of the molecule is CC(C)(C)NC(=O)c1ccccc1NC(=O)NCc1cccnc1. The molecule has 0 saturated carbocycles. The van der Waals surface area contributed by atoms with Gasteiger partial charge in [0.05, 0.1) is 11.3 Å². The molecule has 2 aromatic rings. The maximum absolute atomic E-state index is 12.4. The number of hydrogen-bond acceptors (Lipinski definition) is 3. The van der Waals surface area contributed by atoms with Gasteiger partial charge >= 0.3 is 6.03 Å². The summed E-state index contributed by atoms with van der Waals surface area (Å²) in [5.41, 5.74) is 1.42. The van der Waals surface area contributed by atoms with Crippen molar-refractivity contribution in [3.05, 3.63) is 59.9 Å². The van der Waals surface area contributed by atoms with Crippen LogP contribution in [0.15, 0.2) is 48.8 Å². The van der Waals surface area contributed by atoms with Crippen LogP contribution < -0.4 is 16.0 Å². The van der Waals surface area contributed by atoms with Gasteiger partial charge in [0.1, 0.15) is 0 Å². The van der Waals surface area contributed by atoms with Crippen molar-refractivity contribution in [1.29, 1.82) is 0 Å². The Kier molecular flexibility index (Phi) is 5.52. The molecular weight excluding hydrogens is 304 g/mol. The number of nitrogens with zero attached hydrogens (tertiary/aromatic N) is 1. The van der Waals surface area contributed by atoms with Crippen molar-refractivity contribution in [3.63, 3.8) is 0 Å². The predicted octanol–water partition coefficient (Wildman–Crippen LogP) is 2.93. The minimum absolute atomic E-state index is 0.231. The van der Waals surface area contributed by atoms with Crippen molar-refractivity contribution in [3.8, 4) is 0 Å². The highest BCUT2D eigenvalue weighted by Gasteiger charge is 2.18. The van der Waals surface area contributed by atoms with Crippen molar-refractivity contribution in [2.75, 3.05) is 5.32 Å². The number of hydrogen-bond donors (Lipinski definition) is 3. The third kappa shape index (κ3) is 5.39. The Balaban J connectivity index is 2.01. The molecule has 0 aliphatic rings. The number of aromatic nitrogens is 1. The molecule has 0 saturated heterocycles. The lowest BCUT2D eigenvalue weighted by Crippen LogP contribution is -2.41. The average Bonchev–Trinajstić information content (AvgIpc) is 2.53. The summed E-state index contributed by atoms with van der Waals surface area (Å²) in [5.74, 6) is -0.231. The summed E-state index contributed by atoms with van der Waals surface area (Å²) in [6, 6.07) is 10.2. The van der Waals surface area contributed by atoms with Gasteiger partial charge in [-0.15, -0.1) is 0 Å². The van der Waals surface area contributed by atoms with Gasteiger partial charge in [-0.1, -0.05) is 18.2 Å². The molecule has 0 spiro atoms. The van der Waals surface area contributed by atoms with Crippen LogP contribution >= 0.6 is 0 Å². The van der Waals surface area contributed by atoms with Crippen molar-refractivity contribution < 1.29 is 9.59 Å². The minimum atomic E-state index is -0.380. The summed E-state index contributed by atoms with van der Waals surface area (Å²) in [7, 11) is 0. The third-order valence-corrected chi connectivity index (χ3v) is 3.08. The molecule has 6 heteroatoms. The molecule has 2 rings (SSSR count). The fraction of sp³-hybridized carbons (Fsp3) is 0.278. The van der Waals surface area contributed by atoms with Crippen molar-refractivity contribution in [2.45, 2.75) is 32.9 Å². The molecule has 0 radical (unpaired) electrons. The Morgan fingerprint density at radius 1 is 1.08 bits per heavy atom. The maximum atomic E-state index is 12.4. The summed E-state index contributed by atoms with van der Waals surface area (Å²) in [6.45, 7) is 6.07. The van der Waals surface area contributed by atoms with Crippen LogP contribution in [0, 0.1) is 0 Å². The van der Waals surface area contributed by atoms with Crippen LogP contribution in [0.3, 0.4) is 0 Å². The van der Waals surface area contributed by atoms with Gasteiger partial charge in [-0.2, -0.15) is 0 Å². The van der Waals surface area contributed by atoms with Crippen molar-refractivity contribution >= 4 is 17.6 Å². The number of benzene rings is 1. The molecule has 126 valence electrons. The van der Waals surface area contributed by atoms with Gasteiger partial charge in [-0.3, -0.25) is 9.78 Å². The van der Waals surface area contributed by atoms with Gasteiger partial charge in [-0.25, -0.2) is 4.79 Å². The number of nitrogens with one attached hydrogen (secondary N) is 3. The number of rotatable bonds is 4. The normalized spacial score (nSPS) is 10.8. The van der Waals surface area contributed by atoms with Gasteiger partial charge in [0.2, 0.25) is 0 Å². The molecule has 1 aromatic carbocycles. The highest BCUT2D eigenvalue weighted by Crippen LogP contribution is 2.16. The lowest BCUT2D eigenvalue weighted by Gasteiger charge is -2.21. The largest absolute Gasteiger partial charge is 0.347 e. The van der Waals surface area contributed by atoms with Crippen LogP contribution in [-0.4, -0.2) is 22.5 Å². The smallest absolute Gasteiger partial charge is 0.319 e. The Morgan fingerprint density at radius 2 is 1.83 bits per heavy atom. The zero-order valence-corrected chi connectivity index (χ0v) is 14.1. The molecule has 3 amide bonds. The second-order valence-electron chi connectivity index (χ2n) is 6.42. The number of urea groups is 1. The second kappa shape index (κ2) is 7.59. The third-order valence-electron chi connectivity index (χ3n) is 3.08. The Labute approximate surface area is 141 Å². The standard InChI is InChI=1S/C18H22N4O2/c1-18(2,3)22-16(23)14-8-4-5-9-15(14)21-17(24)20-12-13-7-6-10-19-11-13/h4-11H,12H2,1-3H3,(H,22,23)(H2,20,21,24). The first-order valence-corrected chi connectivity index (χ1v) is 7.70. The molecule has 0 aliphatic heterocycles. The van der Waals surface area contributed by atoms with E-state index in [9.17, 15) is 9.59 Å². The fourth-order valence-corrected chi connectivity index (χ4v) is 2.05. The highest BCUT2D eigenvalue weighted by molar-refractivity contribution is 6.03. The predicted molar refractivity (Wildman–Crippen MR) is 93.8 cm³/mol. The van der Waals surface area contributed by atoms with E-state index >= 15 is 0 Å². The lowest BCUT2D eigenvalue weighted by atomic mass is 10.1. The zero-order valence-electron chi connectivity index (χ0n) is 14.1. The molecule has 1 heterocycles.